The molecule has 0 bridgehead atoms. The second-order valence-electron chi connectivity index (χ2n) is 7.55. The van der Waals surface area contributed by atoms with Crippen molar-refractivity contribution in [2.45, 2.75) is 84.0 Å². The number of piperidine rings is 1. The van der Waals surface area contributed by atoms with Crippen molar-refractivity contribution in [3.8, 4) is 0 Å². The summed E-state index contributed by atoms with van der Waals surface area (Å²) in [5, 5.41) is 3.42. The van der Waals surface area contributed by atoms with Gasteiger partial charge in [0.1, 0.15) is 5.60 Å². The number of nitrogens with one attached hydrogen (secondary N) is 1. The molecular formula is C18H29BrN4O2. The molecule has 1 aliphatic heterocycles. The summed E-state index contributed by atoms with van der Waals surface area (Å²) < 4.78 is 6.50. The van der Waals surface area contributed by atoms with E-state index in [0.29, 0.717) is 5.95 Å². The number of carbonyl (C=O) groups is 1. The van der Waals surface area contributed by atoms with Gasteiger partial charge in [-0.15, -0.1) is 0 Å². The quantitative estimate of drug-likeness (QED) is 0.781. The van der Waals surface area contributed by atoms with E-state index in [1.165, 1.54) is 0 Å². The Hall–Kier alpha value is -1.37. The molecule has 1 aromatic heterocycles. The zero-order chi connectivity index (χ0) is 18.6. The highest BCUT2D eigenvalue weighted by atomic mass is 79.9. The first-order valence-electron chi connectivity index (χ1n) is 8.98. The smallest absolute Gasteiger partial charge is 0.410 e. The lowest BCUT2D eigenvalue weighted by Crippen LogP contribution is -2.55. The number of hydrogen-bond acceptors (Lipinski definition) is 5. The van der Waals surface area contributed by atoms with Crippen molar-refractivity contribution in [1.29, 1.82) is 0 Å². The molecule has 2 unspecified atom stereocenters. The van der Waals surface area contributed by atoms with E-state index in [0.717, 1.165) is 30.2 Å². The predicted molar refractivity (Wildman–Crippen MR) is 103 cm³/mol. The van der Waals surface area contributed by atoms with Gasteiger partial charge in [-0.05, 0) is 62.4 Å². The minimum atomic E-state index is -0.478. The first-order valence-corrected chi connectivity index (χ1v) is 9.78. The van der Waals surface area contributed by atoms with Gasteiger partial charge < -0.3 is 15.0 Å². The maximum absolute atomic E-state index is 12.7. The SMILES string of the molecule is CCC1CC(Nc2ncc(Br)cn2)CC(CC)N1C(=O)OC(C)(C)C. The van der Waals surface area contributed by atoms with Gasteiger partial charge in [-0.3, -0.25) is 0 Å². The van der Waals surface area contributed by atoms with Gasteiger partial charge in [0, 0.05) is 30.5 Å². The Labute approximate surface area is 158 Å². The number of rotatable bonds is 4. The molecule has 6 nitrogen and oxygen atoms in total. The summed E-state index contributed by atoms with van der Waals surface area (Å²) >= 11 is 3.35. The Morgan fingerprint density at radius 3 is 2.20 bits per heavy atom. The molecule has 1 saturated heterocycles. The van der Waals surface area contributed by atoms with Gasteiger partial charge in [-0.25, -0.2) is 14.8 Å². The molecule has 1 aliphatic rings. The summed E-state index contributed by atoms with van der Waals surface area (Å²) in [6, 6.07) is 0.553. The van der Waals surface area contributed by atoms with E-state index in [9.17, 15) is 4.79 Å². The number of aromatic nitrogens is 2. The van der Waals surface area contributed by atoms with Gasteiger partial charge in [0.2, 0.25) is 5.95 Å². The Morgan fingerprint density at radius 2 is 1.76 bits per heavy atom. The number of carbonyl (C=O) groups excluding carboxylic acids is 1. The minimum Gasteiger partial charge on any atom is -0.444 e. The largest absolute Gasteiger partial charge is 0.444 e. The monoisotopic (exact) mass is 412 g/mol. The van der Waals surface area contributed by atoms with Crippen molar-refractivity contribution >= 4 is 28.0 Å². The minimum absolute atomic E-state index is 0.154. The third kappa shape index (κ3) is 5.56. The molecule has 140 valence electrons. The van der Waals surface area contributed by atoms with Gasteiger partial charge in [-0.2, -0.15) is 0 Å². The lowest BCUT2D eigenvalue weighted by Gasteiger charge is -2.45. The van der Waals surface area contributed by atoms with E-state index in [-0.39, 0.29) is 24.2 Å². The summed E-state index contributed by atoms with van der Waals surface area (Å²) in [6.07, 6.45) is 6.80. The number of nitrogens with zero attached hydrogens (tertiary/aromatic N) is 3. The van der Waals surface area contributed by atoms with E-state index in [1.54, 1.807) is 12.4 Å². The summed E-state index contributed by atoms with van der Waals surface area (Å²) in [5.74, 6) is 0.628. The molecule has 25 heavy (non-hydrogen) atoms. The molecule has 2 atom stereocenters. The molecule has 0 aliphatic carbocycles. The Bertz CT molecular complexity index is 559. The van der Waals surface area contributed by atoms with Gasteiger partial charge >= 0.3 is 6.09 Å². The fraction of sp³-hybridized carbons (Fsp3) is 0.722. The molecule has 1 N–H and O–H groups in total. The van der Waals surface area contributed by atoms with Crippen molar-refractivity contribution in [2.75, 3.05) is 5.32 Å². The topological polar surface area (TPSA) is 67.4 Å². The van der Waals surface area contributed by atoms with Crippen LogP contribution in [0.2, 0.25) is 0 Å². The maximum Gasteiger partial charge on any atom is 0.410 e. The molecule has 0 radical (unpaired) electrons. The second kappa shape index (κ2) is 8.34. The first-order chi connectivity index (χ1) is 11.7. The number of ether oxygens (including phenoxy) is 1. The van der Waals surface area contributed by atoms with Crippen LogP contribution in [0.5, 0.6) is 0 Å². The van der Waals surface area contributed by atoms with Crippen LogP contribution < -0.4 is 5.32 Å². The van der Waals surface area contributed by atoms with E-state index in [4.69, 9.17) is 4.74 Å². The van der Waals surface area contributed by atoms with Gasteiger partial charge in [0.05, 0.1) is 4.47 Å². The Balaban J connectivity index is 2.10. The van der Waals surface area contributed by atoms with Crippen molar-refractivity contribution < 1.29 is 9.53 Å². The van der Waals surface area contributed by atoms with Crippen LogP contribution >= 0.6 is 15.9 Å². The standard InChI is InChI=1S/C18H29BrN4O2/c1-6-14-8-13(22-16-20-10-12(19)11-21-16)9-15(7-2)23(14)17(24)25-18(3,4)5/h10-11,13-15H,6-9H2,1-5H3,(H,20,21,22). The highest BCUT2D eigenvalue weighted by Crippen LogP contribution is 2.30. The van der Waals surface area contributed by atoms with Crippen LogP contribution in [0.1, 0.15) is 60.3 Å². The van der Waals surface area contributed by atoms with Gasteiger partial charge in [0.25, 0.3) is 0 Å². The predicted octanol–water partition coefficient (Wildman–Crippen LogP) is 4.61. The van der Waals surface area contributed by atoms with Crippen molar-refractivity contribution in [3.63, 3.8) is 0 Å². The third-order valence-corrected chi connectivity index (χ3v) is 4.81. The second-order valence-corrected chi connectivity index (χ2v) is 8.46. The summed E-state index contributed by atoms with van der Waals surface area (Å²) in [5.41, 5.74) is -0.478. The zero-order valence-corrected chi connectivity index (χ0v) is 17.3. The van der Waals surface area contributed by atoms with Gasteiger partial charge in [-0.1, -0.05) is 13.8 Å². The van der Waals surface area contributed by atoms with E-state index in [2.05, 4.69) is 45.1 Å². The highest BCUT2D eigenvalue weighted by molar-refractivity contribution is 9.10. The van der Waals surface area contributed by atoms with E-state index < -0.39 is 5.60 Å². The van der Waals surface area contributed by atoms with Crippen LogP contribution in [0.3, 0.4) is 0 Å². The molecule has 1 fully saturated rings. The van der Waals surface area contributed by atoms with Crippen molar-refractivity contribution in [3.05, 3.63) is 16.9 Å². The lowest BCUT2D eigenvalue weighted by atomic mass is 9.89. The molecule has 0 aromatic carbocycles. The highest BCUT2D eigenvalue weighted by Gasteiger charge is 2.39. The van der Waals surface area contributed by atoms with Crippen LogP contribution in [0.15, 0.2) is 16.9 Å². The van der Waals surface area contributed by atoms with Crippen LogP contribution in [0.25, 0.3) is 0 Å². The van der Waals surface area contributed by atoms with Gasteiger partial charge in [0.15, 0.2) is 0 Å². The Kier molecular flexibility index (Phi) is 6.65. The number of amides is 1. The molecule has 0 saturated carbocycles. The average molecular weight is 413 g/mol. The number of hydrogen-bond donors (Lipinski definition) is 1. The Morgan fingerprint density at radius 1 is 1.24 bits per heavy atom. The zero-order valence-electron chi connectivity index (χ0n) is 15.8. The van der Waals surface area contributed by atoms with Crippen LogP contribution in [-0.2, 0) is 4.74 Å². The van der Waals surface area contributed by atoms with Crippen LogP contribution in [0.4, 0.5) is 10.7 Å². The molecule has 0 spiro atoms. The van der Waals surface area contributed by atoms with Crippen molar-refractivity contribution in [1.82, 2.24) is 14.9 Å². The number of halogens is 1. The molecule has 1 amide bonds. The number of likely N-dealkylation sites (tertiary alicyclic amines) is 1. The fourth-order valence-corrected chi connectivity index (χ4v) is 3.51. The van der Waals surface area contributed by atoms with E-state index >= 15 is 0 Å². The number of anilines is 1. The molecular weight excluding hydrogens is 384 g/mol. The van der Waals surface area contributed by atoms with Crippen molar-refractivity contribution in [2.24, 2.45) is 0 Å². The summed E-state index contributed by atoms with van der Waals surface area (Å²) in [6.45, 7) is 9.96. The molecule has 1 aromatic rings. The fourth-order valence-electron chi connectivity index (χ4n) is 3.31. The molecule has 7 heteroatoms. The lowest BCUT2D eigenvalue weighted by molar-refractivity contribution is -0.00811. The normalized spacial score (nSPS) is 24.1. The van der Waals surface area contributed by atoms with E-state index in [1.807, 2.05) is 25.7 Å². The maximum atomic E-state index is 12.7. The average Bonchev–Trinajstić information content (AvgIpc) is 2.54. The molecule has 2 rings (SSSR count). The molecule has 2 heterocycles. The van der Waals surface area contributed by atoms with Crippen LogP contribution in [0, 0.1) is 0 Å². The first kappa shape index (κ1) is 19.9. The van der Waals surface area contributed by atoms with Crippen LogP contribution in [-0.4, -0.2) is 44.7 Å². The summed E-state index contributed by atoms with van der Waals surface area (Å²) in [7, 11) is 0. The summed E-state index contributed by atoms with van der Waals surface area (Å²) in [4.78, 5) is 23.3. The third-order valence-electron chi connectivity index (χ3n) is 4.40.